The van der Waals surface area contributed by atoms with Crippen molar-refractivity contribution in [3.63, 3.8) is 0 Å². The Labute approximate surface area is 146 Å². The fraction of sp³-hybridized carbons (Fsp3) is 0.611. The molecule has 23 heavy (non-hydrogen) atoms. The van der Waals surface area contributed by atoms with Crippen LogP contribution in [0.5, 0.6) is 0 Å². The lowest BCUT2D eigenvalue weighted by Crippen LogP contribution is -2.46. The summed E-state index contributed by atoms with van der Waals surface area (Å²) < 4.78 is 0. The quantitative estimate of drug-likeness (QED) is 0.867. The molecule has 1 amide bonds. The van der Waals surface area contributed by atoms with Crippen LogP contribution in [0.15, 0.2) is 30.3 Å². The van der Waals surface area contributed by atoms with Crippen molar-refractivity contribution >= 4 is 24.0 Å². The Morgan fingerprint density at radius 2 is 2.04 bits per heavy atom. The highest BCUT2D eigenvalue weighted by Gasteiger charge is 2.25. The van der Waals surface area contributed by atoms with Crippen molar-refractivity contribution in [1.82, 2.24) is 4.90 Å². The van der Waals surface area contributed by atoms with E-state index in [0.717, 1.165) is 31.7 Å². The molecule has 1 aliphatic rings. The molecule has 0 spiro atoms. The van der Waals surface area contributed by atoms with Crippen LogP contribution >= 0.6 is 12.4 Å². The second-order valence-electron chi connectivity index (χ2n) is 6.51. The van der Waals surface area contributed by atoms with Gasteiger partial charge in [-0.05, 0) is 64.3 Å². The van der Waals surface area contributed by atoms with Gasteiger partial charge in [0.15, 0.2) is 0 Å². The molecule has 1 aliphatic heterocycles. The Morgan fingerprint density at radius 3 is 2.65 bits per heavy atom. The van der Waals surface area contributed by atoms with Gasteiger partial charge in [-0.3, -0.25) is 9.69 Å². The number of piperidine rings is 1. The summed E-state index contributed by atoms with van der Waals surface area (Å²) in [6, 6.07) is 10.1. The second-order valence-corrected chi connectivity index (χ2v) is 6.51. The molecule has 1 fully saturated rings. The van der Waals surface area contributed by atoms with E-state index in [1.165, 1.54) is 12.8 Å². The van der Waals surface area contributed by atoms with Gasteiger partial charge in [0.2, 0.25) is 5.91 Å². The number of carbonyl (C=O) groups is 1. The zero-order valence-electron chi connectivity index (χ0n) is 14.3. The molecule has 1 heterocycles. The minimum atomic E-state index is 0. The number of para-hydroxylation sites is 1. The number of rotatable bonds is 6. The van der Waals surface area contributed by atoms with Crippen LogP contribution in [-0.2, 0) is 4.79 Å². The van der Waals surface area contributed by atoms with Crippen molar-refractivity contribution in [3.05, 3.63) is 30.3 Å². The molecule has 0 aliphatic carbocycles. The average molecular weight is 340 g/mol. The van der Waals surface area contributed by atoms with Crippen molar-refractivity contribution in [2.75, 3.05) is 31.1 Å². The first-order valence-corrected chi connectivity index (χ1v) is 8.41. The summed E-state index contributed by atoms with van der Waals surface area (Å²) in [5.41, 5.74) is 6.66. The molecule has 0 bridgehead atoms. The van der Waals surface area contributed by atoms with Gasteiger partial charge >= 0.3 is 0 Å². The topological polar surface area (TPSA) is 49.6 Å². The molecule has 1 aromatic carbocycles. The molecule has 130 valence electrons. The smallest absolute Gasteiger partial charge is 0.241 e. The van der Waals surface area contributed by atoms with Crippen molar-refractivity contribution in [2.45, 2.75) is 39.2 Å². The van der Waals surface area contributed by atoms with Crippen LogP contribution in [0.4, 0.5) is 5.69 Å². The van der Waals surface area contributed by atoms with Gasteiger partial charge in [0.05, 0.1) is 6.54 Å². The number of anilines is 1. The van der Waals surface area contributed by atoms with E-state index in [1.54, 1.807) is 0 Å². The number of likely N-dealkylation sites (tertiary alicyclic amines) is 1. The van der Waals surface area contributed by atoms with Gasteiger partial charge in [-0.1, -0.05) is 18.2 Å². The lowest BCUT2D eigenvalue weighted by molar-refractivity contribution is -0.120. The Hall–Kier alpha value is -1.10. The number of nitrogens with two attached hydrogens (primary N) is 1. The van der Waals surface area contributed by atoms with Gasteiger partial charge in [-0.15, -0.1) is 12.4 Å². The third-order valence-corrected chi connectivity index (χ3v) is 4.36. The Bertz CT molecular complexity index is 465. The molecular weight excluding hydrogens is 310 g/mol. The molecule has 4 nitrogen and oxygen atoms in total. The summed E-state index contributed by atoms with van der Waals surface area (Å²) in [4.78, 5) is 17.0. The molecule has 0 saturated carbocycles. The molecule has 2 N–H and O–H groups in total. The molecular formula is C18H30ClN3O. The predicted octanol–water partition coefficient (Wildman–Crippen LogP) is 2.91. The maximum atomic E-state index is 12.8. The maximum absolute atomic E-state index is 12.8. The van der Waals surface area contributed by atoms with Crippen LogP contribution in [0.1, 0.15) is 33.1 Å². The summed E-state index contributed by atoms with van der Waals surface area (Å²) in [6.07, 6.45) is 3.48. The van der Waals surface area contributed by atoms with E-state index in [4.69, 9.17) is 5.73 Å². The standard InChI is InChI=1S/C18H29N3O.ClH/c1-15(2)21(17-8-4-3-5-9-17)18(22)14-20-12-6-7-16(13-20)10-11-19;/h3-5,8-9,15-16H,6-7,10-14,19H2,1-2H3;1H. The Morgan fingerprint density at radius 1 is 1.35 bits per heavy atom. The first-order chi connectivity index (χ1) is 10.6. The molecule has 1 saturated heterocycles. The van der Waals surface area contributed by atoms with E-state index in [9.17, 15) is 4.79 Å². The van der Waals surface area contributed by atoms with Gasteiger partial charge in [0.1, 0.15) is 0 Å². The molecule has 5 heteroatoms. The minimum Gasteiger partial charge on any atom is -0.330 e. The predicted molar refractivity (Wildman–Crippen MR) is 99.1 cm³/mol. The van der Waals surface area contributed by atoms with E-state index in [1.807, 2.05) is 35.2 Å². The number of benzene rings is 1. The van der Waals surface area contributed by atoms with E-state index >= 15 is 0 Å². The SMILES string of the molecule is CC(C)N(C(=O)CN1CCCC(CCN)C1)c1ccccc1.Cl. The van der Waals surface area contributed by atoms with Crippen molar-refractivity contribution < 1.29 is 4.79 Å². The first kappa shape index (κ1) is 19.9. The van der Waals surface area contributed by atoms with Gasteiger partial charge in [0.25, 0.3) is 0 Å². The number of halogens is 1. The first-order valence-electron chi connectivity index (χ1n) is 8.41. The van der Waals surface area contributed by atoms with E-state index in [-0.39, 0.29) is 24.4 Å². The number of hydrogen-bond donors (Lipinski definition) is 1. The van der Waals surface area contributed by atoms with Crippen molar-refractivity contribution in [2.24, 2.45) is 11.7 Å². The Kier molecular flexibility index (Phi) is 8.59. The normalized spacial score (nSPS) is 18.5. The fourth-order valence-corrected chi connectivity index (χ4v) is 3.35. The molecule has 1 atom stereocenters. The van der Waals surface area contributed by atoms with E-state index in [2.05, 4.69) is 18.7 Å². The second kappa shape index (κ2) is 9.91. The third-order valence-electron chi connectivity index (χ3n) is 4.36. The summed E-state index contributed by atoms with van der Waals surface area (Å²) in [5.74, 6) is 0.838. The van der Waals surface area contributed by atoms with Gasteiger partial charge in [0, 0.05) is 18.3 Å². The highest BCUT2D eigenvalue weighted by Crippen LogP contribution is 2.21. The van der Waals surface area contributed by atoms with Crippen LogP contribution in [0.2, 0.25) is 0 Å². The van der Waals surface area contributed by atoms with Crippen LogP contribution in [0.25, 0.3) is 0 Å². The van der Waals surface area contributed by atoms with Gasteiger partial charge in [-0.2, -0.15) is 0 Å². The lowest BCUT2D eigenvalue weighted by atomic mass is 9.95. The monoisotopic (exact) mass is 339 g/mol. The molecule has 1 aromatic rings. The highest BCUT2D eigenvalue weighted by molar-refractivity contribution is 5.95. The van der Waals surface area contributed by atoms with Gasteiger partial charge in [-0.25, -0.2) is 0 Å². The number of amides is 1. The van der Waals surface area contributed by atoms with E-state index < -0.39 is 0 Å². The van der Waals surface area contributed by atoms with Gasteiger partial charge < -0.3 is 10.6 Å². The zero-order valence-corrected chi connectivity index (χ0v) is 15.1. The largest absolute Gasteiger partial charge is 0.330 e. The zero-order chi connectivity index (χ0) is 15.9. The lowest BCUT2D eigenvalue weighted by Gasteiger charge is -2.34. The van der Waals surface area contributed by atoms with Crippen molar-refractivity contribution in [1.29, 1.82) is 0 Å². The molecule has 1 unspecified atom stereocenters. The third kappa shape index (κ3) is 5.79. The number of nitrogens with zero attached hydrogens (tertiary/aromatic N) is 2. The molecule has 0 radical (unpaired) electrons. The molecule has 0 aromatic heterocycles. The van der Waals surface area contributed by atoms with Crippen LogP contribution < -0.4 is 10.6 Å². The maximum Gasteiger partial charge on any atom is 0.241 e. The Balaban J connectivity index is 0.00000264. The van der Waals surface area contributed by atoms with E-state index in [0.29, 0.717) is 12.5 Å². The summed E-state index contributed by atoms with van der Waals surface area (Å²) in [7, 11) is 0. The summed E-state index contributed by atoms with van der Waals surface area (Å²) in [6.45, 7) is 7.41. The molecule has 2 rings (SSSR count). The number of carbonyl (C=O) groups excluding carboxylic acids is 1. The van der Waals surface area contributed by atoms with Crippen LogP contribution in [0.3, 0.4) is 0 Å². The minimum absolute atomic E-state index is 0. The highest BCUT2D eigenvalue weighted by atomic mass is 35.5. The van der Waals surface area contributed by atoms with Crippen LogP contribution in [0, 0.1) is 5.92 Å². The fourth-order valence-electron chi connectivity index (χ4n) is 3.35. The summed E-state index contributed by atoms with van der Waals surface area (Å²) in [5, 5.41) is 0. The average Bonchev–Trinajstić information content (AvgIpc) is 2.48. The van der Waals surface area contributed by atoms with Crippen molar-refractivity contribution in [3.8, 4) is 0 Å². The van der Waals surface area contributed by atoms with Crippen LogP contribution in [-0.4, -0.2) is 43.0 Å². The summed E-state index contributed by atoms with van der Waals surface area (Å²) >= 11 is 0. The number of hydrogen-bond acceptors (Lipinski definition) is 3.